The maximum absolute atomic E-state index is 12.0. The maximum Gasteiger partial charge on any atom is 0.311 e. The van der Waals surface area contributed by atoms with Crippen molar-refractivity contribution < 1.29 is 14.7 Å². The Hall–Kier alpha value is -1.84. The van der Waals surface area contributed by atoms with Crippen LogP contribution in [0.1, 0.15) is 33.3 Å². The Balaban J connectivity index is 2.74. The highest BCUT2D eigenvalue weighted by Crippen LogP contribution is 2.30. The molecule has 0 aliphatic heterocycles. The van der Waals surface area contributed by atoms with E-state index in [1.54, 1.807) is 27.7 Å². The van der Waals surface area contributed by atoms with Gasteiger partial charge in [-0.25, -0.2) is 0 Å². The Morgan fingerprint density at radius 2 is 1.63 bits per heavy atom. The van der Waals surface area contributed by atoms with Gasteiger partial charge in [0.1, 0.15) is 0 Å². The molecule has 0 saturated heterocycles. The van der Waals surface area contributed by atoms with Crippen molar-refractivity contribution in [2.45, 2.75) is 39.7 Å². The number of hydrogen-bond donors (Lipinski definition) is 2. The number of carboxylic acids is 1. The summed E-state index contributed by atoms with van der Waals surface area (Å²) in [5.74, 6) is -1.11. The molecule has 1 aromatic rings. The third-order valence-corrected chi connectivity index (χ3v) is 3.76. The van der Waals surface area contributed by atoms with Gasteiger partial charge in [-0.15, -0.1) is 0 Å². The van der Waals surface area contributed by atoms with Crippen molar-refractivity contribution in [2.75, 3.05) is 0 Å². The van der Waals surface area contributed by atoms with Crippen LogP contribution in [0.5, 0.6) is 0 Å². The second kappa shape index (κ2) is 5.43. The maximum atomic E-state index is 12.0. The van der Waals surface area contributed by atoms with E-state index >= 15 is 0 Å². The molecule has 0 fully saturated rings. The first-order valence-electron chi connectivity index (χ1n) is 6.25. The van der Waals surface area contributed by atoms with Crippen LogP contribution in [-0.4, -0.2) is 22.5 Å². The van der Waals surface area contributed by atoms with Crippen molar-refractivity contribution in [3.63, 3.8) is 0 Å². The number of aliphatic carboxylic acids is 1. The fraction of sp³-hybridized carbons (Fsp3) is 0.467. The zero-order valence-electron chi connectivity index (χ0n) is 11.9. The summed E-state index contributed by atoms with van der Waals surface area (Å²) in [5, 5.41) is 12.0. The number of benzene rings is 1. The lowest BCUT2D eigenvalue weighted by Gasteiger charge is -2.38. The fourth-order valence-electron chi connectivity index (χ4n) is 1.60. The summed E-state index contributed by atoms with van der Waals surface area (Å²) in [5.41, 5.74) is -0.965. The normalized spacial score (nSPS) is 12.0. The van der Waals surface area contributed by atoms with Gasteiger partial charge < -0.3 is 10.4 Å². The summed E-state index contributed by atoms with van der Waals surface area (Å²) >= 11 is 0. The monoisotopic (exact) mass is 263 g/mol. The van der Waals surface area contributed by atoms with Crippen LogP contribution in [0.25, 0.3) is 0 Å². The van der Waals surface area contributed by atoms with Crippen LogP contribution in [0.15, 0.2) is 30.3 Å². The van der Waals surface area contributed by atoms with Gasteiger partial charge in [-0.3, -0.25) is 9.59 Å². The van der Waals surface area contributed by atoms with Gasteiger partial charge in [0.15, 0.2) is 0 Å². The van der Waals surface area contributed by atoms with Crippen molar-refractivity contribution in [2.24, 2.45) is 5.41 Å². The summed E-state index contributed by atoms with van der Waals surface area (Å²) in [6.07, 6.45) is 0.250. The molecule has 0 unspecified atom stereocenters. The van der Waals surface area contributed by atoms with Crippen molar-refractivity contribution in [1.29, 1.82) is 0 Å². The number of carbonyl (C=O) groups excluding carboxylic acids is 1. The average Bonchev–Trinajstić information content (AvgIpc) is 2.28. The number of nitrogens with one attached hydrogen (secondary N) is 1. The Morgan fingerprint density at radius 3 is 2.11 bits per heavy atom. The van der Waals surface area contributed by atoms with Gasteiger partial charge in [0.05, 0.1) is 11.8 Å². The van der Waals surface area contributed by atoms with Gasteiger partial charge in [-0.2, -0.15) is 0 Å². The fourth-order valence-corrected chi connectivity index (χ4v) is 1.60. The van der Waals surface area contributed by atoms with Crippen LogP contribution in [-0.2, 0) is 16.0 Å². The second-order valence-electron chi connectivity index (χ2n) is 5.77. The van der Waals surface area contributed by atoms with E-state index in [2.05, 4.69) is 5.32 Å². The van der Waals surface area contributed by atoms with E-state index in [0.717, 1.165) is 5.56 Å². The van der Waals surface area contributed by atoms with Crippen molar-refractivity contribution in [3.05, 3.63) is 35.9 Å². The molecule has 0 atom stereocenters. The summed E-state index contributed by atoms with van der Waals surface area (Å²) < 4.78 is 0. The van der Waals surface area contributed by atoms with Crippen molar-refractivity contribution in [3.8, 4) is 0 Å². The minimum absolute atomic E-state index is 0.175. The molecule has 104 valence electrons. The number of carboxylic acid groups (broad SMARTS) is 1. The smallest absolute Gasteiger partial charge is 0.311 e. The number of carbonyl (C=O) groups is 2. The standard InChI is InChI=1S/C15H21NO3/c1-14(2,13(18)19)15(3,4)16-12(17)10-11-8-6-5-7-9-11/h5-9H,10H2,1-4H3,(H,16,17)(H,18,19). The molecule has 0 aliphatic rings. The molecule has 1 amide bonds. The van der Waals surface area contributed by atoms with Crippen LogP contribution in [0.4, 0.5) is 0 Å². The summed E-state index contributed by atoms with van der Waals surface area (Å²) in [7, 11) is 0. The minimum Gasteiger partial charge on any atom is -0.481 e. The third kappa shape index (κ3) is 3.56. The third-order valence-electron chi connectivity index (χ3n) is 3.76. The Kier molecular flexibility index (Phi) is 4.35. The van der Waals surface area contributed by atoms with Gasteiger partial charge in [-0.05, 0) is 33.3 Å². The van der Waals surface area contributed by atoms with Crippen LogP contribution in [0.2, 0.25) is 0 Å². The highest BCUT2D eigenvalue weighted by Gasteiger charge is 2.44. The zero-order chi connectivity index (χ0) is 14.7. The summed E-state index contributed by atoms with van der Waals surface area (Å²) in [4.78, 5) is 23.2. The SMILES string of the molecule is CC(C)(NC(=O)Cc1ccccc1)C(C)(C)C(=O)O. The Morgan fingerprint density at radius 1 is 1.11 bits per heavy atom. The van der Waals surface area contributed by atoms with Crippen LogP contribution < -0.4 is 5.32 Å². The zero-order valence-corrected chi connectivity index (χ0v) is 11.9. The molecule has 0 bridgehead atoms. The predicted molar refractivity (Wildman–Crippen MR) is 73.8 cm³/mol. The first kappa shape index (κ1) is 15.2. The summed E-state index contributed by atoms with van der Waals surface area (Å²) in [6.45, 7) is 6.67. The highest BCUT2D eigenvalue weighted by molar-refractivity contribution is 5.82. The molecule has 0 aromatic heterocycles. The van der Waals surface area contributed by atoms with E-state index in [0.29, 0.717) is 0 Å². The molecule has 0 radical (unpaired) electrons. The van der Waals surface area contributed by atoms with Crippen LogP contribution in [0.3, 0.4) is 0 Å². The van der Waals surface area contributed by atoms with Gasteiger partial charge >= 0.3 is 5.97 Å². The number of amides is 1. The molecule has 2 N–H and O–H groups in total. The van der Waals surface area contributed by atoms with E-state index in [4.69, 9.17) is 0 Å². The predicted octanol–water partition coefficient (Wildman–Crippen LogP) is 2.23. The molecular formula is C15H21NO3. The van der Waals surface area contributed by atoms with E-state index in [1.165, 1.54) is 0 Å². The van der Waals surface area contributed by atoms with Crippen LogP contribution in [0, 0.1) is 5.41 Å². The van der Waals surface area contributed by atoms with Gasteiger partial charge in [0, 0.05) is 5.54 Å². The largest absolute Gasteiger partial charge is 0.481 e. The number of hydrogen-bond acceptors (Lipinski definition) is 2. The highest BCUT2D eigenvalue weighted by atomic mass is 16.4. The lowest BCUT2D eigenvalue weighted by molar-refractivity contribution is -0.151. The lowest BCUT2D eigenvalue weighted by Crippen LogP contribution is -2.57. The topological polar surface area (TPSA) is 66.4 Å². The number of rotatable bonds is 5. The Bertz CT molecular complexity index is 464. The molecule has 1 aromatic carbocycles. The van der Waals surface area contributed by atoms with E-state index in [-0.39, 0.29) is 12.3 Å². The first-order chi connectivity index (χ1) is 8.67. The Labute approximate surface area is 113 Å². The van der Waals surface area contributed by atoms with Gasteiger partial charge in [0.2, 0.25) is 5.91 Å². The molecule has 0 heterocycles. The average molecular weight is 263 g/mol. The van der Waals surface area contributed by atoms with Crippen LogP contribution >= 0.6 is 0 Å². The van der Waals surface area contributed by atoms with E-state index < -0.39 is 16.9 Å². The minimum atomic E-state index is -1.04. The molecule has 4 nitrogen and oxygen atoms in total. The molecule has 0 saturated carbocycles. The molecule has 0 spiro atoms. The summed E-state index contributed by atoms with van der Waals surface area (Å²) in [6, 6.07) is 9.37. The van der Waals surface area contributed by atoms with E-state index in [9.17, 15) is 14.7 Å². The quantitative estimate of drug-likeness (QED) is 0.856. The molecular weight excluding hydrogens is 242 g/mol. The molecule has 4 heteroatoms. The lowest BCUT2D eigenvalue weighted by atomic mass is 9.74. The molecule has 19 heavy (non-hydrogen) atoms. The van der Waals surface area contributed by atoms with E-state index in [1.807, 2.05) is 30.3 Å². The first-order valence-corrected chi connectivity index (χ1v) is 6.25. The molecule has 1 rings (SSSR count). The van der Waals surface area contributed by atoms with Gasteiger partial charge in [-0.1, -0.05) is 30.3 Å². The molecule has 0 aliphatic carbocycles. The van der Waals surface area contributed by atoms with Gasteiger partial charge in [0.25, 0.3) is 0 Å². The van der Waals surface area contributed by atoms with Crippen molar-refractivity contribution in [1.82, 2.24) is 5.32 Å². The second-order valence-corrected chi connectivity index (χ2v) is 5.77. The van der Waals surface area contributed by atoms with Crippen molar-refractivity contribution >= 4 is 11.9 Å².